The van der Waals surface area contributed by atoms with E-state index in [1.54, 1.807) is 20.3 Å². The number of ether oxygens (including phenoxy) is 2. The quantitative estimate of drug-likeness (QED) is 0.522. The van der Waals surface area contributed by atoms with Gasteiger partial charge in [0.05, 0.1) is 19.0 Å². The first-order valence-corrected chi connectivity index (χ1v) is 8.15. The summed E-state index contributed by atoms with van der Waals surface area (Å²) in [4.78, 5) is 0. The van der Waals surface area contributed by atoms with Gasteiger partial charge >= 0.3 is 0 Å². The van der Waals surface area contributed by atoms with Crippen LogP contribution in [0.15, 0.2) is 36.1 Å². The summed E-state index contributed by atoms with van der Waals surface area (Å²) >= 11 is 0. The average molecular weight is 334 g/mol. The molecule has 0 saturated carbocycles. The number of aliphatic hydroxyl groups excluding tert-OH is 1. The van der Waals surface area contributed by atoms with Gasteiger partial charge < -0.3 is 19.7 Å². The molecule has 0 heterocycles. The molecular formula is C20H30O4. The van der Waals surface area contributed by atoms with Gasteiger partial charge in [-0.25, -0.2) is 0 Å². The Morgan fingerprint density at radius 3 is 2.42 bits per heavy atom. The summed E-state index contributed by atoms with van der Waals surface area (Å²) in [5.41, 5.74) is 3.57. The number of benzene rings is 1. The lowest BCUT2D eigenvalue weighted by Gasteiger charge is -2.23. The highest BCUT2D eigenvalue weighted by Crippen LogP contribution is 2.28. The molecule has 0 aromatic heterocycles. The predicted octanol–water partition coefficient (Wildman–Crippen LogP) is 4.31. The normalized spacial score (nSPS) is 14.5. The van der Waals surface area contributed by atoms with Crippen LogP contribution in [0, 0.1) is 18.8 Å². The van der Waals surface area contributed by atoms with E-state index >= 15 is 0 Å². The molecule has 0 bridgehead atoms. The maximum atomic E-state index is 10.5. The molecule has 4 heteroatoms. The summed E-state index contributed by atoms with van der Waals surface area (Å²) in [6, 6.07) is 3.83. The number of aryl methyl sites for hydroxylation is 1. The van der Waals surface area contributed by atoms with Crippen LogP contribution in [0.25, 0.3) is 0 Å². The number of phenolic OH excluding ortho intramolecular Hbond substituents is 1. The monoisotopic (exact) mass is 334 g/mol. The van der Waals surface area contributed by atoms with Crippen LogP contribution in [0.5, 0.6) is 5.75 Å². The van der Waals surface area contributed by atoms with E-state index in [1.165, 1.54) is 0 Å². The second-order valence-electron chi connectivity index (χ2n) is 6.39. The molecule has 0 amide bonds. The maximum absolute atomic E-state index is 10.5. The molecule has 2 unspecified atom stereocenters. The molecule has 0 saturated heterocycles. The van der Waals surface area contributed by atoms with Crippen molar-refractivity contribution in [3.8, 4) is 5.75 Å². The highest BCUT2D eigenvalue weighted by molar-refractivity contribution is 5.44. The van der Waals surface area contributed by atoms with E-state index in [2.05, 4.69) is 6.58 Å². The number of methoxy groups -OCH3 is 2. The molecular weight excluding hydrogens is 304 g/mol. The summed E-state index contributed by atoms with van der Waals surface area (Å²) < 4.78 is 10.4. The Kier molecular flexibility index (Phi) is 8.02. The second kappa shape index (κ2) is 9.50. The number of hydrogen-bond acceptors (Lipinski definition) is 4. The predicted molar refractivity (Wildman–Crippen MR) is 97.3 cm³/mol. The third-order valence-electron chi connectivity index (χ3n) is 4.35. The van der Waals surface area contributed by atoms with Crippen molar-refractivity contribution in [2.45, 2.75) is 33.8 Å². The van der Waals surface area contributed by atoms with Gasteiger partial charge in [0.15, 0.2) is 0 Å². The third kappa shape index (κ3) is 5.39. The Morgan fingerprint density at radius 2 is 1.88 bits per heavy atom. The molecule has 134 valence electrons. The average Bonchev–Trinajstić information content (AvgIpc) is 2.53. The van der Waals surface area contributed by atoms with Crippen molar-refractivity contribution in [3.05, 3.63) is 52.8 Å². The lowest BCUT2D eigenvalue weighted by Crippen LogP contribution is -2.20. The molecule has 4 nitrogen and oxygen atoms in total. The minimum atomic E-state index is -0.141. The van der Waals surface area contributed by atoms with Gasteiger partial charge in [-0.2, -0.15) is 0 Å². The fraction of sp³-hybridized carbons (Fsp3) is 0.500. The fourth-order valence-corrected chi connectivity index (χ4v) is 2.73. The smallest absolute Gasteiger partial charge is 0.124 e. The third-order valence-corrected chi connectivity index (χ3v) is 4.35. The minimum absolute atomic E-state index is 0.108. The van der Waals surface area contributed by atoms with Crippen LogP contribution in [0.2, 0.25) is 0 Å². The van der Waals surface area contributed by atoms with Crippen LogP contribution in [0.3, 0.4) is 0 Å². The van der Waals surface area contributed by atoms with Crippen molar-refractivity contribution in [2.75, 3.05) is 20.8 Å². The molecule has 0 fully saturated rings. The first kappa shape index (κ1) is 20.3. The number of phenols is 1. The van der Waals surface area contributed by atoms with E-state index in [9.17, 15) is 10.2 Å². The van der Waals surface area contributed by atoms with Gasteiger partial charge in [0.1, 0.15) is 5.75 Å². The van der Waals surface area contributed by atoms with Crippen LogP contribution < -0.4 is 0 Å². The van der Waals surface area contributed by atoms with Crippen molar-refractivity contribution in [2.24, 2.45) is 11.8 Å². The Hall–Kier alpha value is -1.78. The molecule has 0 spiro atoms. The minimum Gasteiger partial charge on any atom is -0.512 e. The number of hydrogen-bond donors (Lipinski definition) is 2. The molecule has 1 rings (SSSR count). The van der Waals surface area contributed by atoms with Gasteiger partial charge in [-0.3, -0.25) is 0 Å². The standard InChI is InChI=1S/C20H30O4/c1-13(2)15(4)18(12-24-6)19(21)8-7-16-9-14(3)10-17(11-23-5)20(16)22/h8-10,15,18,21-22H,1,7,11-12H2,2-6H3/b19-8-. The lowest BCUT2D eigenvalue weighted by molar-refractivity contribution is 0.124. The highest BCUT2D eigenvalue weighted by atomic mass is 16.5. The number of rotatable bonds is 9. The zero-order valence-corrected chi connectivity index (χ0v) is 15.4. The van der Waals surface area contributed by atoms with Crippen LogP contribution in [0.4, 0.5) is 0 Å². The first-order valence-electron chi connectivity index (χ1n) is 8.15. The Labute approximate surface area is 145 Å². The van der Waals surface area contributed by atoms with E-state index in [-0.39, 0.29) is 23.3 Å². The summed E-state index contributed by atoms with van der Waals surface area (Å²) in [6.45, 7) is 10.7. The van der Waals surface area contributed by atoms with Gasteiger partial charge in [-0.1, -0.05) is 36.8 Å². The molecule has 1 aromatic rings. The molecule has 2 atom stereocenters. The Bertz CT molecular complexity index is 590. The van der Waals surface area contributed by atoms with E-state index in [0.29, 0.717) is 19.6 Å². The summed E-state index contributed by atoms with van der Waals surface area (Å²) in [7, 11) is 3.22. The largest absolute Gasteiger partial charge is 0.512 e. The van der Waals surface area contributed by atoms with Gasteiger partial charge in [0.25, 0.3) is 0 Å². The van der Waals surface area contributed by atoms with Crippen LogP contribution in [0.1, 0.15) is 30.5 Å². The number of aliphatic hydroxyl groups is 1. The van der Waals surface area contributed by atoms with Gasteiger partial charge in [0, 0.05) is 25.7 Å². The molecule has 0 aliphatic heterocycles. The van der Waals surface area contributed by atoms with Gasteiger partial charge in [0.2, 0.25) is 0 Å². The van der Waals surface area contributed by atoms with Gasteiger partial charge in [-0.05, 0) is 37.8 Å². The SMILES string of the molecule is C=C(C)C(C)C(COC)/C(O)=C/Cc1cc(C)cc(COC)c1O. The number of aromatic hydroxyl groups is 1. The molecule has 0 aliphatic rings. The van der Waals surface area contributed by atoms with E-state index < -0.39 is 0 Å². The lowest BCUT2D eigenvalue weighted by atomic mass is 9.87. The van der Waals surface area contributed by atoms with E-state index in [4.69, 9.17) is 9.47 Å². The van der Waals surface area contributed by atoms with Crippen LogP contribution >= 0.6 is 0 Å². The molecule has 24 heavy (non-hydrogen) atoms. The summed E-state index contributed by atoms with van der Waals surface area (Å²) in [6.07, 6.45) is 2.19. The fourth-order valence-electron chi connectivity index (χ4n) is 2.73. The number of allylic oxidation sites excluding steroid dienone is 2. The Balaban J connectivity index is 3.03. The van der Waals surface area contributed by atoms with Crippen molar-refractivity contribution >= 4 is 0 Å². The van der Waals surface area contributed by atoms with Crippen molar-refractivity contribution in [1.82, 2.24) is 0 Å². The highest BCUT2D eigenvalue weighted by Gasteiger charge is 2.22. The van der Waals surface area contributed by atoms with Crippen molar-refractivity contribution in [1.29, 1.82) is 0 Å². The van der Waals surface area contributed by atoms with E-state index in [0.717, 1.165) is 22.3 Å². The van der Waals surface area contributed by atoms with Crippen LogP contribution in [-0.4, -0.2) is 31.0 Å². The van der Waals surface area contributed by atoms with Crippen LogP contribution in [-0.2, 0) is 22.5 Å². The summed E-state index contributed by atoms with van der Waals surface area (Å²) in [5, 5.41) is 20.9. The second-order valence-corrected chi connectivity index (χ2v) is 6.39. The van der Waals surface area contributed by atoms with E-state index in [1.807, 2.05) is 32.9 Å². The molecule has 0 aliphatic carbocycles. The van der Waals surface area contributed by atoms with Crippen molar-refractivity contribution < 1.29 is 19.7 Å². The van der Waals surface area contributed by atoms with Crippen molar-refractivity contribution in [3.63, 3.8) is 0 Å². The molecule has 0 radical (unpaired) electrons. The maximum Gasteiger partial charge on any atom is 0.124 e. The topological polar surface area (TPSA) is 58.9 Å². The zero-order chi connectivity index (χ0) is 18.3. The van der Waals surface area contributed by atoms with Gasteiger partial charge in [-0.15, -0.1) is 0 Å². The Morgan fingerprint density at radius 1 is 1.25 bits per heavy atom. The first-order chi connectivity index (χ1) is 11.3. The molecule has 2 N–H and O–H groups in total. The summed E-state index contributed by atoms with van der Waals surface area (Å²) in [5.74, 6) is 0.457. The molecule has 1 aromatic carbocycles. The zero-order valence-electron chi connectivity index (χ0n) is 15.4.